The molecule has 2 aromatic rings. The molecule has 6 heteroatoms. The fraction of sp³-hybridized carbons (Fsp3) is 0.308. The summed E-state index contributed by atoms with van der Waals surface area (Å²) in [5, 5.41) is 0. The van der Waals surface area contributed by atoms with Crippen molar-refractivity contribution < 1.29 is 4.79 Å². The number of thiazole rings is 1. The van der Waals surface area contributed by atoms with Crippen LogP contribution in [0.5, 0.6) is 0 Å². The number of aromatic amines is 1. The molecule has 4 nitrogen and oxygen atoms in total. The van der Waals surface area contributed by atoms with Crippen LogP contribution in [0.4, 0.5) is 0 Å². The summed E-state index contributed by atoms with van der Waals surface area (Å²) in [7, 11) is 0. The number of ketones is 1. The molecule has 0 unspecified atom stereocenters. The lowest BCUT2D eigenvalue weighted by molar-refractivity contribution is -0.119. The SMILES string of the molecule is CC(C)(C)C(=O)/C=c1\[nH]c(=O)/c(=C/c2ccns2)s1. The smallest absolute Gasteiger partial charge is 0.266 e. The van der Waals surface area contributed by atoms with E-state index in [9.17, 15) is 9.59 Å². The molecule has 0 saturated carbocycles. The van der Waals surface area contributed by atoms with Crippen molar-refractivity contribution >= 4 is 40.8 Å². The maximum absolute atomic E-state index is 11.9. The van der Waals surface area contributed by atoms with Crippen LogP contribution in [-0.2, 0) is 4.79 Å². The van der Waals surface area contributed by atoms with Gasteiger partial charge in [-0.1, -0.05) is 20.8 Å². The largest absolute Gasteiger partial charge is 0.313 e. The van der Waals surface area contributed by atoms with E-state index in [1.54, 1.807) is 12.3 Å². The summed E-state index contributed by atoms with van der Waals surface area (Å²) >= 11 is 2.61. The van der Waals surface area contributed by atoms with Crippen molar-refractivity contribution in [3.05, 3.63) is 36.7 Å². The highest BCUT2D eigenvalue weighted by Crippen LogP contribution is 2.14. The zero-order chi connectivity index (χ0) is 14.0. The minimum absolute atomic E-state index is 0.00524. The summed E-state index contributed by atoms with van der Waals surface area (Å²) in [6, 6.07) is 1.84. The molecule has 19 heavy (non-hydrogen) atoms. The summed E-state index contributed by atoms with van der Waals surface area (Å²) in [4.78, 5) is 27.3. The van der Waals surface area contributed by atoms with Crippen LogP contribution >= 0.6 is 22.9 Å². The molecule has 100 valence electrons. The zero-order valence-corrected chi connectivity index (χ0v) is 12.5. The van der Waals surface area contributed by atoms with Gasteiger partial charge in [0.1, 0.15) is 0 Å². The number of nitrogens with one attached hydrogen (secondary N) is 1. The van der Waals surface area contributed by atoms with Crippen LogP contribution in [0.25, 0.3) is 12.2 Å². The predicted molar refractivity (Wildman–Crippen MR) is 78.8 cm³/mol. The van der Waals surface area contributed by atoms with Gasteiger partial charge < -0.3 is 4.98 Å². The molecule has 0 aliphatic heterocycles. The van der Waals surface area contributed by atoms with E-state index in [1.165, 1.54) is 28.9 Å². The van der Waals surface area contributed by atoms with Crippen molar-refractivity contribution in [2.45, 2.75) is 20.8 Å². The molecule has 0 aliphatic rings. The molecule has 0 spiro atoms. The Morgan fingerprint density at radius 1 is 1.42 bits per heavy atom. The van der Waals surface area contributed by atoms with Crippen LogP contribution in [0.1, 0.15) is 25.6 Å². The van der Waals surface area contributed by atoms with Crippen LogP contribution in [0, 0.1) is 5.41 Å². The fourth-order valence-corrected chi connectivity index (χ4v) is 2.78. The van der Waals surface area contributed by atoms with E-state index in [2.05, 4.69) is 9.36 Å². The number of carbonyl (C=O) groups is 1. The standard InChI is InChI=1S/C13H14N2O2S2/c1-13(2,3)10(16)7-11-15-12(17)9(18-11)6-8-4-5-14-19-8/h4-7H,1-3H3,(H,15,17)/b9-6-,11-7+. The minimum atomic E-state index is -0.442. The van der Waals surface area contributed by atoms with Crippen molar-refractivity contribution in [1.29, 1.82) is 0 Å². The van der Waals surface area contributed by atoms with E-state index in [1.807, 2.05) is 26.8 Å². The summed E-state index contributed by atoms with van der Waals surface area (Å²) in [6.07, 6.45) is 4.96. The summed E-state index contributed by atoms with van der Waals surface area (Å²) in [6.45, 7) is 5.55. The Morgan fingerprint density at radius 2 is 2.16 bits per heavy atom. The highest BCUT2D eigenvalue weighted by molar-refractivity contribution is 7.08. The molecule has 0 amide bonds. The second-order valence-electron chi connectivity index (χ2n) is 5.10. The lowest BCUT2D eigenvalue weighted by Crippen LogP contribution is -2.21. The Morgan fingerprint density at radius 3 is 2.74 bits per heavy atom. The molecular weight excluding hydrogens is 280 g/mol. The second kappa shape index (κ2) is 5.22. The first-order chi connectivity index (χ1) is 8.86. The lowest BCUT2D eigenvalue weighted by atomic mass is 9.91. The first-order valence-electron chi connectivity index (χ1n) is 5.74. The van der Waals surface area contributed by atoms with Crippen LogP contribution in [0.3, 0.4) is 0 Å². The highest BCUT2D eigenvalue weighted by atomic mass is 32.1. The van der Waals surface area contributed by atoms with Gasteiger partial charge in [-0.3, -0.25) is 9.59 Å². The lowest BCUT2D eigenvalue weighted by Gasteiger charge is -2.12. The van der Waals surface area contributed by atoms with Gasteiger partial charge in [0.05, 0.1) is 9.20 Å². The number of nitrogens with zero attached hydrogens (tertiary/aromatic N) is 1. The second-order valence-corrected chi connectivity index (χ2v) is 7.05. The number of hydrogen-bond acceptors (Lipinski definition) is 5. The van der Waals surface area contributed by atoms with Gasteiger partial charge in [-0.25, -0.2) is 4.37 Å². The number of Topliss-reactive ketones (excluding diaryl/α,β-unsaturated/α-hetero) is 1. The van der Waals surface area contributed by atoms with E-state index in [4.69, 9.17) is 0 Å². The fourth-order valence-electron chi connectivity index (χ4n) is 1.29. The van der Waals surface area contributed by atoms with Crippen LogP contribution in [0.15, 0.2) is 17.1 Å². The summed E-state index contributed by atoms with van der Waals surface area (Å²) < 4.78 is 5.14. The monoisotopic (exact) mass is 294 g/mol. The Bertz CT molecular complexity index is 746. The van der Waals surface area contributed by atoms with Crippen molar-refractivity contribution in [2.24, 2.45) is 5.41 Å². The molecule has 0 saturated heterocycles. The molecule has 0 aliphatic carbocycles. The average Bonchev–Trinajstić information content (AvgIpc) is 2.89. The van der Waals surface area contributed by atoms with Crippen LogP contribution in [0.2, 0.25) is 0 Å². The number of carbonyl (C=O) groups excluding carboxylic acids is 1. The van der Waals surface area contributed by atoms with Crippen LogP contribution < -0.4 is 14.8 Å². The molecule has 0 bridgehead atoms. The van der Waals surface area contributed by atoms with Gasteiger partial charge in [-0.05, 0) is 23.7 Å². The minimum Gasteiger partial charge on any atom is -0.313 e. The molecule has 2 rings (SSSR count). The third-order valence-corrected chi connectivity index (χ3v) is 4.07. The van der Waals surface area contributed by atoms with Gasteiger partial charge in [0.15, 0.2) is 5.78 Å². The average molecular weight is 294 g/mol. The van der Waals surface area contributed by atoms with E-state index < -0.39 is 5.41 Å². The number of H-pyrrole nitrogens is 1. The molecule has 0 fully saturated rings. The first kappa shape index (κ1) is 13.9. The molecule has 2 heterocycles. The Hall–Kier alpha value is -1.53. The molecule has 0 atom stereocenters. The van der Waals surface area contributed by atoms with Gasteiger partial charge in [-0.2, -0.15) is 0 Å². The van der Waals surface area contributed by atoms with Gasteiger partial charge in [0.25, 0.3) is 5.56 Å². The maximum Gasteiger partial charge on any atom is 0.266 e. The van der Waals surface area contributed by atoms with Crippen molar-refractivity contribution in [1.82, 2.24) is 9.36 Å². The van der Waals surface area contributed by atoms with Crippen LogP contribution in [-0.4, -0.2) is 15.1 Å². The van der Waals surface area contributed by atoms with E-state index in [0.29, 0.717) is 9.20 Å². The Balaban J connectivity index is 2.46. The number of aromatic nitrogens is 2. The third kappa shape index (κ3) is 3.48. The predicted octanol–water partition coefficient (Wildman–Crippen LogP) is 1.12. The maximum atomic E-state index is 11.9. The number of rotatable bonds is 2. The summed E-state index contributed by atoms with van der Waals surface area (Å²) in [5.74, 6) is -0.00524. The molecule has 1 N–H and O–H groups in total. The Labute approximate surface area is 118 Å². The van der Waals surface area contributed by atoms with Crippen molar-refractivity contribution in [3.63, 3.8) is 0 Å². The third-order valence-electron chi connectivity index (χ3n) is 2.41. The van der Waals surface area contributed by atoms with E-state index >= 15 is 0 Å². The number of hydrogen-bond donors (Lipinski definition) is 1. The molecule has 0 aromatic carbocycles. The normalized spacial score (nSPS) is 14.1. The molecular formula is C13H14N2O2S2. The van der Waals surface area contributed by atoms with Gasteiger partial charge in [0.2, 0.25) is 0 Å². The molecule has 2 aromatic heterocycles. The van der Waals surface area contributed by atoms with Gasteiger partial charge in [-0.15, -0.1) is 11.3 Å². The molecule has 0 radical (unpaired) electrons. The zero-order valence-electron chi connectivity index (χ0n) is 10.9. The van der Waals surface area contributed by atoms with E-state index in [0.717, 1.165) is 4.88 Å². The van der Waals surface area contributed by atoms with Crippen molar-refractivity contribution in [3.8, 4) is 0 Å². The summed E-state index contributed by atoms with van der Waals surface area (Å²) in [5.41, 5.74) is -0.617. The topological polar surface area (TPSA) is 62.8 Å². The Kier molecular flexibility index (Phi) is 3.82. The highest BCUT2D eigenvalue weighted by Gasteiger charge is 2.18. The van der Waals surface area contributed by atoms with Gasteiger partial charge >= 0.3 is 0 Å². The quantitative estimate of drug-likeness (QED) is 0.903. The van der Waals surface area contributed by atoms with Gasteiger partial charge in [0, 0.05) is 22.6 Å². The first-order valence-corrected chi connectivity index (χ1v) is 7.33. The van der Waals surface area contributed by atoms with E-state index in [-0.39, 0.29) is 11.3 Å². The van der Waals surface area contributed by atoms with Crippen molar-refractivity contribution in [2.75, 3.05) is 0 Å².